The number of anilines is 1. The van der Waals surface area contributed by atoms with Gasteiger partial charge >= 0.3 is 0 Å². The van der Waals surface area contributed by atoms with E-state index in [2.05, 4.69) is 21.8 Å². The van der Waals surface area contributed by atoms with Gasteiger partial charge in [0.2, 0.25) is 0 Å². The lowest BCUT2D eigenvalue weighted by Gasteiger charge is -2.35. The maximum atomic E-state index is 13.2. The third-order valence-corrected chi connectivity index (χ3v) is 5.92. The standard InChI is InChI=1S/C25H27FN6/c1-2-6-23-28-24(22-17-27-32(25(22)29-23)21-7-4-3-5-8-21)31-15-13-30(14-16-31)18-19-9-11-20(26)12-10-19/h3-5,7-12,17H,2,6,13-16,18H2,1H3. The zero-order chi connectivity index (χ0) is 21.9. The van der Waals surface area contributed by atoms with Gasteiger partial charge in [-0.15, -0.1) is 0 Å². The topological polar surface area (TPSA) is 50.1 Å². The van der Waals surface area contributed by atoms with Gasteiger partial charge in [-0.1, -0.05) is 37.3 Å². The van der Waals surface area contributed by atoms with Crippen molar-refractivity contribution in [3.63, 3.8) is 0 Å². The zero-order valence-electron chi connectivity index (χ0n) is 18.3. The third kappa shape index (κ3) is 4.21. The van der Waals surface area contributed by atoms with Crippen molar-refractivity contribution in [1.82, 2.24) is 24.6 Å². The van der Waals surface area contributed by atoms with Crippen molar-refractivity contribution in [2.75, 3.05) is 31.1 Å². The molecule has 1 aliphatic heterocycles. The molecule has 0 atom stereocenters. The van der Waals surface area contributed by atoms with Crippen molar-refractivity contribution in [1.29, 1.82) is 0 Å². The number of hydrogen-bond acceptors (Lipinski definition) is 5. The Labute approximate surface area is 187 Å². The average molecular weight is 431 g/mol. The molecule has 2 aromatic heterocycles. The summed E-state index contributed by atoms with van der Waals surface area (Å²) in [6.45, 7) is 6.61. The molecule has 0 bridgehead atoms. The summed E-state index contributed by atoms with van der Waals surface area (Å²) in [6, 6.07) is 16.9. The summed E-state index contributed by atoms with van der Waals surface area (Å²) in [5, 5.41) is 5.63. The molecule has 0 spiro atoms. The molecule has 3 heterocycles. The summed E-state index contributed by atoms with van der Waals surface area (Å²) in [4.78, 5) is 14.6. The second-order valence-corrected chi connectivity index (χ2v) is 8.23. The summed E-state index contributed by atoms with van der Waals surface area (Å²) in [7, 11) is 0. The van der Waals surface area contributed by atoms with Crippen molar-refractivity contribution >= 4 is 16.9 Å². The van der Waals surface area contributed by atoms with Crippen LogP contribution >= 0.6 is 0 Å². The highest BCUT2D eigenvalue weighted by Crippen LogP contribution is 2.27. The SMILES string of the molecule is CCCc1nc(N2CCN(Cc3ccc(F)cc3)CC2)c2cnn(-c3ccccc3)c2n1. The predicted octanol–water partition coefficient (Wildman–Crippen LogP) is 4.23. The van der Waals surface area contributed by atoms with Crippen LogP contribution in [0.15, 0.2) is 60.8 Å². The van der Waals surface area contributed by atoms with Crippen LogP contribution in [-0.4, -0.2) is 50.8 Å². The predicted molar refractivity (Wildman–Crippen MR) is 125 cm³/mol. The molecule has 0 amide bonds. The largest absolute Gasteiger partial charge is 0.353 e. The van der Waals surface area contributed by atoms with Crippen molar-refractivity contribution < 1.29 is 4.39 Å². The quantitative estimate of drug-likeness (QED) is 0.458. The van der Waals surface area contributed by atoms with E-state index in [1.807, 2.05) is 53.3 Å². The van der Waals surface area contributed by atoms with Gasteiger partial charge in [0.15, 0.2) is 5.65 Å². The Kier molecular flexibility index (Phi) is 5.81. The van der Waals surface area contributed by atoms with E-state index >= 15 is 0 Å². The van der Waals surface area contributed by atoms with Crippen molar-refractivity contribution in [3.05, 3.63) is 78.0 Å². The van der Waals surface area contributed by atoms with E-state index in [1.54, 1.807) is 0 Å². The van der Waals surface area contributed by atoms with Gasteiger partial charge in [0, 0.05) is 39.1 Å². The Morgan fingerprint density at radius 3 is 2.38 bits per heavy atom. The Morgan fingerprint density at radius 1 is 0.906 bits per heavy atom. The molecule has 0 radical (unpaired) electrons. The molecule has 0 aliphatic carbocycles. The minimum absolute atomic E-state index is 0.190. The van der Waals surface area contributed by atoms with Crippen LogP contribution in [-0.2, 0) is 13.0 Å². The molecule has 32 heavy (non-hydrogen) atoms. The van der Waals surface area contributed by atoms with E-state index in [0.29, 0.717) is 0 Å². The highest BCUT2D eigenvalue weighted by molar-refractivity contribution is 5.88. The number of aryl methyl sites for hydroxylation is 1. The zero-order valence-corrected chi connectivity index (χ0v) is 18.3. The van der Waals surface area contributed by atoms with Crippen LogP contribution in [0.1, 0.15) is 24.7 Å². The van der Waals surface area contributed by atoms with Crippen LogP contribution in [0.5, 0.6) is 0 Å². The van der Waals surface area contributed by atoms with Crippen LogP contribution < -0.4 is 4.90 Å². The van der Waals surface area contributed by atoms with Gasteiger partial charge < -0.3 is 4.90 Å². The van der Waals surface area contributed by atoms with Crippen LogP contribution in [0.4, 0.5) is 10.2 Å². The Hall–Kier alpha value is -3.32. The fourth-order valence-corrected chi connectivity index (χ4v) is 4.24. The molecular weight excluding hydrogens is 403 g/mol. The summed E-state index contributed by atoms with van der Waals surface area (Å²) in [6.07, 6.45) is 3.72. The molecule has 7 heteroatoms. The van der Waals surface area contributed by atoms with E-state index in [9.17, 15) is 4.39 Å². The van der Waals surface area contributed by atoms with Crippen molar-refractivity contribution in [2.24, 2.45) is 0 Å². The van der Waals surface area contributed by atoms with Gasteiger partial charge in [-0.3, -0.25) is 4.90 Å². The van der Waals surface area contributed by atoms with Crippen LogP contribution in [0.3, 0.4) is 0 Å². The lowest BCUT2D eigenvalue weighted by Crippen LogP contribution is -2.46. The van der Waals surface area contributed by atoms with Crippen LogP contribution in [0.2, 0.25) is 0 Å². The Bertz CT molecular complexity index is 1180. The molecule has 4 aromatic rings. The van der Waals surface area contributed by atoms with E-state index in [4.69, 9.17) is 9.97 Å². The number of benzene rings is 2. The van der Waals surface area contributed by atoms with E-state index < -0.39 is 0 Å². The highest BCUT2D eigenvalue weighted by atomic mass is 19.1. The van der Waals surface area contributed by atoms with Gasteiger partial charge in [0.05, 0.1) is 17.3 Å². The lowest BCUT2D eigenvalue weighted by molar-refractivity contribution is 0.249. The molecule has 5 rings (SSSR count). The minimum atomic E-state index is -0.190. The summed E-state index contributed by atoms with van der Waals surface area (Å²) >= 11 is 0. The van der Waals surface area contributed by atoms with Gasteiger partial charge in [-0.2, -0.15) is 5.10 Å². The van der Waals surface area contributed by atoms with Crippen LogP contribution in [0.25, 0.3) is 16.7 Å². The molecule has 0 unspecified atom stereocenters. The maximum absolute atomic E-state index is 13.2. The molecule has 2 aromatic carbocycles. The van der Waals surface area contributed by atoms with E-state index in [0.717, 1.165) is 79.5 Å². The van der Waals surface area contributed by atoms with Gasteiger partial charge in [0.25, 0.3) is 0 Å². The molecule has 1 fully saturated rings. The summed E-state index contributed by atoms with van der Waals surface area (Å²) < 4.78 is 15.1. The monoisotopic (exact) mass is 430 g/mol. The number of fused-ring (bicyclic) bond motifs is 1. The molecule has 0 N–H and O–H groups in total. The second kappa shape index (κ2) is 9.04. The molecule has 164 valence electrons. The van der Waals surface area contributed by atoms with Crippen molar-refractivity contribution in [3.8, 4) is 5.69 Å². The molecule has 1 saturated heterocycles. The minimum Gasteiger partial charge on any atom is -0.353 e. The van der Waals surface area contributed by atoms with Gasteiger partial charge in [-0.25, -0.2) is 19.0 Å². The van der Waals surface area contributed by atoms with E-state index in [1.165, 1.54) is 12.1 Å². The Morgan fingerprint density at radius 2 is 1.66 bits per heavy atom. The molecule has 1 aliphatic rings. The maximum Gasteiger partial charge on any atom is 0.168 e. The molecule has 0 saturated carbocycles. The fourth-order valence-electron chi connectivity index (χ4n) is 4.24. The number of para-hydroxylation sites is 1. The van der Waals surface area contributed by atoms with Crippen molar-refractivity contribution in [2.45, 2.75) is 26.3 Å². The molecular formula is C25H27FN6. The average Bonchev–Trinajstić information content (AvgIpc) is 3.25. The normalized spacial score (nSPS) is 14.9. The number of rotatable bonds is 6. The fraction of sp³-hybridized carbons (Fsp3) is 0.320. The number of aromatic nitrogens is 4. The number of halogens is 1. The first-order chi connectivity index (χ1) is 15.7. The first kappa shape index (κ1) is 20.6. The van der Waals surface area contributed by atoms with Crippen LogP contribution in [0, 0.1) is 5.82 Å². The second-order valence-electron chi connectivity index (χ2n) is 8.23. The number of nitrogens with zero attached hydrogens (tertiary/aromatic N) is 6. The summed E-state index contributed by atoms with van der Waals surface area (Å²) in [5.41, 5.74) is 3.00. The first-order valence-electron chi connectivity index (χ1n) is 11.2. The smallest absolute Gasteiger partial charge is 0.168 e. The van der Waals surface area contributed by atoms with Gasteiger partial charge in [-0.05, 0) is 36.2 Å². The highest BCUT2D eigenvalue weighted by Gasteiger charge is 2.23. The van der Waals surface area contributed by atoms with Gasteiger partial charge in [0.1, 0.15) is 17.5 Å². The molecule has 6 nitrogen and oxygen atoms in total. The lowest BCUT2D eigenvalue weighted by atomic mass is 10.2. The first-order valence-corrected chi connectivity index (χ1v) is 11.2. The number of hydrogen-bond donors (Lipinski definition) is 0. The summed E-state index contributed by atoms with van der Waals surface area (Å²) in [5.74, 6) is 1.65. The number of piperazine rings is 1. The van der Waals surface area contributed by atoms with E-state index in [-0.39, 0.29) is 5.82 Å². The Balaban J connectivity index is 1.40. The third-order valence-electron chi connectivity index (χ3n) is 5.92.